The maximum atomic E-state index is 11.9. The lowest BCUT2D eigenvalue weighted by Gasteiger charge is -2.10. The topological polar surface area (TPSA) is 58.2 Å². The van der Waals surface area contributed by atoms with E-state index >= 15 is 0 Å². The zero-order valence-electron chi connectivity index (χ0n) is 11.6. The fraction of sp³-hybridized carbons (Fsp3) is 0.467. The van der Waals surface area contributed by atoms with Gasteiger partial charge in [0.2, 0.25) is 5.91 Å². The molecule has 1 aromatic carbocycles. The van der Waals surface area contributed by atoms with Gasteiger partial charge in [-0.3, -0.25) is 20.4 Å². The molecule has 1 aromatic rings. The van der Waals surface area contributed by atoms with Crippen LogP contribution < -0.4 is 10.9 Å². The Kier molecular flexibility index (Phi) is 5.88. The van der Waals surface area contributed by atoms with Gasteiger partial charge in [-0.1, -0.05) is 48.9 Å². The first-order valence-electron chi connectivity index (χ1n) is 7.10. The SMILES string of the molecule is O=C(CCC1CCCC1)NNC(=O)c1cc(Cl)ccc1Cl. The number of benzene rings is 1. The van der Waals surface area contributed by atoms with Crippen LogP contribution in [0.3, 0.4) is 0 Å². The van der Waals surface area contributed by atoms with E-state index in [-0.39, 0.29) is 16.5 Å². The van der Waals surface area contributed by atoms with Crippen molar-refractivity contribution in [2.24, 2.45) is 5.92 Å². The van der Waals surface area contributed by atoms with E-state index in [0.29, 0.717) is 17.4 Å². The van der Waals surface area contributed by atoms with E-state index < -0.39 is 5.91 Å². The highest BCUT2D eigenvalue weighted by Gasteiger charge is 2.17. The molecule has 2 rings (SSSR count). The number of hydrogen-bond acceptors (Lipinski definition) is 2. The number of nitrogens with one attached hydrogen (secondary N) is 2. The molecule has 1 fully saturated rings. The Morgan fingerprint density at radius 3 is 2.57 bits per heavy atom. The van der Waals surface area contributed by atoms with Crippen LogP contribution in [0, 0.1) is 5.92 Å². The molecule has 1 aliphatic rings. The fourth-order valence-electron chi connectivity index (χ4n) is 2.56. The molecule has 114 valence electrons. The molecule has 1 saturated carbocycles. The van der Waals surface area contributed by atoms with Crippen molar-refractivity contribution in [2.45, 2.75) is 38.5 Å². The summed E-state index contributed by atoms with van der Waals surface area (Å²) in [5, 5.41) is 0.703. The molecule has 0 aromatic heterocycles. The van der Waals surface area contributed by atoms with Crippen LogP contribution in [0.1, 0.15) is 48.9 Å². The van der Waals surface area contributed by atoms with Crippen molar-refractivity contribution >= 4 is 35.0 Å². The quantitative estimate of drug-likeness (QED) is 0.827. The zero-order chi connectivity index (χ0) is 15.2. The first-order chi connectivity index (χ1) is 10.1. The monoisotopic (exact) mass is 328 g/mol. The summed E-state index contributed by atoms with van der Waals surface area (Å²) >= 11 is 11.7. The highest BCUT2D eigenvalue weighted by molar-refractivity contribution is 6.35. The molecule has 0 heterocycles. The van der Waals surface area contributed by atoms with E-state index in [0.717, 1.165) is 6.42 Å². The van der Waals surface area contributed by atoms with Gasteiger partial charge in [0, 0.05) is 11.4 Å². The molecule has 0 unspecified atom stereocenters. The van der Waals surface area contributed by atoms with Gasteiger partial charge in [-0.05, 0) is 30.5 Å². The molecule has 0 saturated heterocycles. The lowest BCUT2D eigenvalue weighted by Crippen LogP contribution is -2.41. The van der Waals surface area contributed by atoms with Gasteiger partial charge >= 0.3 is 0 Å². The molecule has 0 aliphatic heterocycles. The minimum absolute atomic E-state index is 0.187. The van der Waals surface area contributed by atoms with E-state index in [1.165, 1.54) is 31.7 Å². The molecular weight excluding hydrogens is 311 g/mol. The van der Waals surface area contributed by atoms with Gasteiger partial charge in [0.1, 0.15) is 0 Å². The van der Waals surface area contributed by atoms with E-state index in [1.807, 2.05) is 0 Å². The Morgan fingerprint density at radius 1 is 1.14 bits per heavy atom. The summed E-state index contributed by atoms with van der Waals surface area (Å²) in [5.41, 5.74) is 5.01. The van der Waals surface area contributed by atoms with Crippen LogP contribution in [0.4, 0.5) is 0 Å². The minimum atomic E-state index is -0.475. The van der Waals surface area contributed by atoms with Gasteiger partial charge in [-0.2, -0.15) is 0 Å². The van der Waals surface area contributed by atoms with Crippen LogP contribution in [0.5, 0.6) is 0 Å². The molecule has 1 aliphatic carbocycles. The normalized spacial score (nSPS) is 15.0. The molecule has 21 heavy (non-hydrogen) atoms. The summed E-state index contributed by atoms with van der Waals surface area (Å²) in [7, 11) is 0. The Hall–Kier alpha value is -1.26. The first-order valence-corrected chi connectivity index (χ1v) is 7.86. The summed E-state index contributed by atoms with van der Waals surface area (Å²) in [6.07, 6.45) is 6.23. The van der Waals surface area contributed by atoms with E-state index in [4.69, 9.17) is 23.2 Å². The Balaban J connectivity index is 1.77. The van der Waals surface area contributed by atoms with Crippen molar-refractivity contribution in [1.29, 1.82) is 0 Å². The summed E-state index contributed by atoms with van der Waals surface area (Å²) in [5.74, 6) is -0.0149. The molecule has 0 bridgehead atoms. The predicted octanol–water partition coefficient (Wildman–Crippen LogP) is 3.72. The van der Waals surface area contributed by atoms with Crippen LogP contribution in [0.25, 0.3) is 0 Å². The van der Waals surface area contributed by atoms with Gasteiger partial charge in [0.15, 0.2) is 0 Å². The summed E-state index contributed by atoms with van der Waals surface area (Å²) < 4.78 is 0. The van der Waals surface area contributed by atoms with Crippen LogP contribution in [0.15, 0.2) is 18.2 Å². The number of carbonyl (C=O) groups is 2. The van der Waals surface area contributed by atoms with Gasteiger partial charge in [0.25, 0.3) is 5.91 Å². The van der Waals surface area contributed by atoms with Gasteiger partial charge in [-0.15, -0.1) is 0 Å². The minimum Gasteiger partial charge on any atom is -0.273 e. The van der Waals surface area contributed by atoms with Crippen molar-refractivity contribution < 1.29 is 9.59 Å². The maximum absolute atomic E-state index is 11.9. The molecular formula is C15H18Cl2N2O2. The lowest BCUT2D eigenvalue weighted by molar-refractivity contribution is -0.122. The third-order valence-electron chi connectivity index (χ3n) is 3.74. The summed E-state index contributed by atoms with van der Waals surface area (Å²) in [4.78, 5) is 23.6. The smallest absolute Gasteiger partial charge is 0.271 e. The highest BCUT2D eigenvalue weighted by Crippen LogP contribution is 2.28. The number of hydrogen-bond donors (Lipinski definition) is 2. The summed E-state index contributed by atoms with van der Waals surface area (Å²) in [6.45, 7) is 0. The number of hydrazine groups is 1. The van der Waals surface area contributed by atoms with Gasteiger partial charge < -0.3 is 0 Å². The fourth-order valence-corrected chi connectivity index (χ4v) is 2.94. The van der Waals surface area contributed by atoms with E-state index in [2.05, 4.69) is 10.9 Å². The average Bonchev–Trinajstić information content (AvgIpc) is 2.98. The predicted molar refractivity (Wildman–Crippen MR) is 83.3 cm³/mol. The zero-order valence-corrected chi connectivity index (χ0v) is 13.1. The number of rotatable bonds is 4. The number of halogens is 2. The lowest BCUT2D eigenvalue weighted by atomic mass is 10.0. The van der Waals surface area contributed by atoms with Gasteiger partial charge in [-0.25, -0.2) is 0 Å². The molecule has 0 atom stereocenters. The average molecular weight is 329 g/mol. The first kappa shape index (κ1) is 16.1. The molecule has 0 spiro atoms. The van der Waals surface area contributed by atoms with Crippen molar-refractivity contribution in [1.82, 2.24) is 10.9 Å². The number of carbonyl (C=O) groups excluding carboxylic acids is 2. The molecule has 6 heteroatoms. The van der Waals surface area contributed by atoms with Crippen LogP contribution in [0.2, 0.25) is 10.0 Å². The van der Waals surface area contributed by atoms with Crippen LogP contribution in [-0.4, -0.2) is 11.8 Å². The molecule has 0 radical (unpaired) electrons. The Labute approximate surface area is 134 Å². The van der Waals surface area contributed by atoms with E-state index in [9.17, 15) is 9.59 Å². The Bertz CT molecular complexity index is 528. The van der Waals surface area contributed by atoms with Crippen LogP contribution >= 0.6 is 23.2 Å². The maximum Gasteiger partial charge on any atom is 0.271 e. The van der Waals surface area contributed by atoms with Gasteiger partial charge in [0.05, 0.1) is 10.6 Å². The molecule has 2 amide bonds. The summed E-state index contributed by atoms with van der Waals surface area (Å²) in [6, 6.07) is 4.60. The van der Waals surface area contributed by atoms with Crippen LogP contribution in [-0.2, 0) is 4.79 Å². The van der Waals surface area contributed by atoms with Crippen molar-refractivity contribution in [2.75, 3.05) is 0 Å². The number of amides is 2. The third kappa shape index (κ3) is 4.90. The van der Waals surface area contributed by atoms with Crippen molar-refractivity contribution in [3.05, 3.63) is 33.8 Å². The standard InChI is InChI=1S/C15H18Cl2N2O2/c16-11-6-7-13(17)12(9-11)15(21)19-18-14(20)8-5-10-3-1-2-4-10/h6-7,9-10H,1-5,8H2,(H,18,20)(H,19,21). The van der Waals surface area contributed by atoms with Crippen molar-refractivity contribution in [3.8, 4) is 0 Å². The van der Waals surface area contributed by atoms with E-state index in [1.54, 1.807) is 12.1 Å². The second kappa shape index (κ2) is 7.66. The third-order valence-corrected chi connectivity index (χ3v) is 4.31. The second-order valence-electron chi connectivity index (χ2n) is 5.32. The highest BCUT2D eigenvalue weighted by atomic mass is 35.5. The van der Waals surface area contributed by atoms with Crippen molar-refractivity contribution in [3.63, 3.8) is 0 Å². The molecule has 4 nitrogen and oxygen atoms in total. The molecule has 2 N–H and O–H groups in total. The Morgan fingerprint density at radius 2 is 1.86 bits per heavy atom. The largest absolute Gasteiger partial charge is 0.273 e. The second-order valence-corrected chi connectivity index (χ2v) is 6.16.